The van der Waals surface area contributed by atoms with Gasteiger partial charge < -0.3 is 10.0 Å². The van der Waals surface area contributed by atoms with Gasteiger partial charge in [-0.3, -0.25) is 9.59 Å². The highest BCUT2D eigenvalue weighted by Gasteiger charge is 2.36. The zero-order chi connectivity index (χ0) is 15.5. The summed E-state index contributed by atoms with van der Waals surface area (Å²) >= 11 is 0. The first kappa shape index (κ1) is 16.9. The third-order valence-corrected chi connectivity index (χ3v) is 4.80. The van der Waals surface area contributed by atoms with Crippen LogP contribution in [-0.4, -0.2) is 67.0 Å². The van der Waals surface area contributed by atoms with Crippen LogP contribution in [-0.2, 0) is 19.6 Å². The molecule has 2 atom stereocenters. The van der Waals surface area contributed by atoms with Crippen molar-refractivity contribution in [1.29, 1.82) is 0 Å². The number of likely N-dealkylation sites (N-methyl/N-ethyl adjacent to an activating group) is 1. The Kier molecular flexibility index (Phi) is 5.52. The van der Waals surface area contributed by atoms with E-state index >= 15 is 0 Å². The van der Waals surface area contributed by atoms with Crippen molar-refractivity contribution in [2.24, 2.45) is 5.92 Å². The van der Waals surface area contributed by atoms with Crippen LogP contribution in [0, 0.1) is 5.92 Å². The Labute approximate surface area is 119 Å². The average molecular weight is 306 g/mol. The predicted molar refractivity (Wildman–Crippen MR) is 73.6 cm³/mol. The zero-order valence-electron chi connectivity index (χ0n) is 12.1. The van der Waals surface area contributed by atoms with Crippen LogP contribution in [0.1, 0.15) is 26.2 Å². The number of hydrogen-bond acceptors (Lipinski definition) is 4. The highest BCUT2D eigenvalue weighted by Crippen LogP contribution is 2.21. The topological polar surface area (TPSA) is 95.0 Å². The van der Waals surface area contributed by atoms with Gasteiger partial charge in [-0.25, -0.2) is 8.42 Å². The maximum absolute atomic E-state index is 12.3. The van der Waals surface area contributed by atoms with Gasteiger partial charge in [-0.05, 0) is 12.8 Å². The minimum Gasteiger partial charge on any atom is -0.481 e. The number of carbonyl (C=O) groups excluding carboxylic acids is 1. The van der Waals surface area contributed by atoms with Gasteiger partial charge in [-0.1, -0.05) is 13.3 Å². The molecule has 1 heterocycles. The number of carboxylic acid groups (broad SMARTS) is 1. The molecular formula is C12H22N2O5S. The van der Waals surface area contributed by atoms with E-state index in [0.29, 0.717) is 13.0 Å². The molecule has 0 radical (unpaired) electrons. The van der Waals surface area contributed by atoms with Gasteiger partial charge in [0.1, 0.15) is 6.04 Å². The number of hydrogen-bond donors (Lipinski definition) is 1. The van der Waals surface area contributed by atoms with Crippen LogP contribution in [0.4, 0.5) is 0 Å². The van der Waals surface area contributed by atoms with Crippen molar-refractivity contribution in [2.75, 3.05) is 26.4 Å². The minimum absolute atomic E-state index is 0.0717. The molecule has 0 bridgehead atoms. The lowest BCUT2D eigenvalue weighted by Gasteiger charge is -2.35. The quantitative estimate of drug-likeness (QED) is 0.770. The van der Waals surface area contributed by atoms with Crippen molar-refractivity contribution in [1.82, 2.24) is 9.21 Å². The molecule has 0 aromatic rings. The van der Waals surface area contributed by atoms with Crippen LogP contribution in [0.15, 0.2) is 0 Å². The number of carboxylic acids is 1. The molecule has 0 aromatic carbocycles. The molecule has 1 amide bonds. The standard InChI is InChI=1S/C12H22N2O5S/c1-9(12(16)17)8-13(2)11(15)10-6-4-5-7-14(10)20(3,18)19/h9-10H,4-8H2,1-3H3,(H,16,17)/t9-,10+/m0/s1. The molecule has 1 N–H and O–H groups in total. The summed E-state index contributed by atoms with van der Waals surface area (Å²) in [5.74, 6) is -1.99. The Bertz CT molecular complexity index is 476. The van der Waals surface area contributed by atoms with Crippen LogP contribution in [0.5, 0.6) is 0 Å². The van der Waals surface area contributed by atoms with Gasteiger partial charge in [-0.15, -0.1) is 0 Å². The van der Waals surface area contributed by atoms with Crippen LogP contribution in [0.3, 0.4) is 0 Å². The molecule has 0 aliphatic carbocycles. The van der Waals surface area contributed by atoms with Crippen molar-refractivity contribution in [3.8, 4) is 0 Å². The molecule has 20 heavy (non-hydrogen) atoms. The van der Waals surface area contributed by atoms with Crippen LogP contribution >= 0.6 is 0 Å². The Balaban J connectivity index is 2.80. The summed E-state index contributed by atoms with van der Waals surface area (Å²) in [6.07, 6.45) is 3.12. The van der Waals surface area contributed by atoms with Crippen LogP contribution < -0.4 is 0 Å². The van der Waals surface area contributed by atoms with Crippen LogP contribution in [0.25, 0.3) is 0 Å². The number of nitrogens with zero attached hydrogens (tertiary/aromatic N) is 2. The molecule has 1 rings (SSSR count). The SMILES string of the molecule is C[C@@H](CN(C)C(=O)[C@H]1CCCCN1S(C)(=O)=O)C(=O)O. The summed E-state index contributed by atoms with van der Waals surface area (Å²) in [5.41, 5.74) is 0. The molecule has 116 valence electrons. The monoisotopic (exact) mass is 306 g/mol. The van der Waals surface area contributed by atoms with E-state index in [9.17, 15) is 18.0 Å². The lowest BCUT2D eigenvalue weighted by atomic mass is 10.0. The van der Waals surface area contributed by atoms with Crippen molar-refractivity contribution in [3.63, 3.8) is 0 Å². The highest BCUT2D eigenvalue weighted by atomic mass is 32.2. The second-order valence-corrected chi connectivity index (χ2v) is 7.28. The van der Waals surface area contributed by atoms with E-state index in [1.165, 1.54) is 23.2 Å². The maximum Gasteiger partial charge on any atom is 0.308 e. The van der Waals surface area contributed by atoms with Crippen molar-refractivity contribution in [3.05, 3.63) is 0 Å². The second-order valence-electron chi connectivity index (χ2n) is 5.34. The molecule has 8 heteroatoms. The smallest absolute Gasteiger partial charge is 0.308 e. The molecular weight excluding hydrogens is 284 g/mol. The molecule has 7 nitrogen and oxygen atoms in total. The van der Waals surface area contributed by atoms with E-state index in [1.807, 2.05) is 0 Å². The van der Waals surface area contributed by atoms with E-state index in [2.05, 4.69) is 0 Å². The second kappa shape index (κ2) is 6.53. The third-order valence-electron chi connectivity index (χ3n) is 3.51. The number of piperidine rings is 1. The lowest BCUT2D eigenvalue weighted by Crippen LogP contribution is -2.52. The number of amides is 1. The predicted octanol–water partition coefficient (Wildman–Crippen LogP) is -0.0204. The Morgan fingerprint density at radius 3 is 2.50 bits per heavy atom. The van der Waals surface area contributed by atoms with Gasteiger partial charge in [0.05, 0.1) is 12.2 Å². The first-order valence-electron chi connectivity index (χ1n) is 6.59. The first-order chi connectivity index (χ1) is 9.14. The van der Waals surface area contributed by atoms with E-state index in [4.69, 9.17) is 5.11 Å². The molecule has 1 saturated heterocycles. The first-order valence-corrected chi connectivity index (χ1v) is 8.44. The molecule has 1 fully saturated rings. The maximum atomic E-state index is 12.3. The van der Waals surface area contributed by atoms with E-state index in [0.717, 1.165) is 19.1 Å². The molecule has 0 aromatic heterocycles. The van der Waals surface area contributed by atoms with Gasteiger partial charge in [0.25, 0.3) is 0 Å². The Hall–Kier alpha value is -1.15. The van der Waals surface area contributed by atoms with Gasteiger partial charge in [0, 0.05) is 20.1 Å². The highest BCUT2D eigenvalue weighted by molar-refractivity contribution is 7.88. The summed E-state index contributed by atoms with van der Waals surface area (Å²) in [4.78, 5) is 24.5. The summed E-state index contributed by atoms with van der Waals surface area (Å²) < 4.78 is 24.7. The Morgan fingerprint density at radius 2 is 2.00 bits per heavy atom. The van der Waals surface area contributed by atoms with E-state index < -0.39 is 28.0 Å². The minimum atomic E-state index is -3.43. The van der Waals surface area contributed by atoms with Gasteiger partial charge >= 0.3 is 5.97 Å². The molecule has 1 aliphatic heterocycles. The fourth-order valence-electron chi connectivity index (χ4n) is 2.38. The summed E-state index contributed by atoms with van der Waals surface area (Å²) in [7, 11) is -1.92. The number of aliphatic carboxylic acids is 1. The van der Waals surface area contributed by atoms with Gasteiger partial charge in [0.2, 0.25) is 15.9 Å². The third kappa shape index (κ3) is 4.17. The molecule has 1 aliphatic rings. The molecule has 0 unspecified atom stereocenters. The molecule has 0 spiro atoms. The van der Waals surface area contributed by atoms with Crippen molar-refractivity contribution in [2.45, 2.75) is 32.2 Å². The normalized spacial score (nSPS) is 22.2. The van der Waals surface area contributed by atoms with Crippen molar-refractivity contribution < 1.29 is 23.1 Å². The van der Waals surface area contributed by atoms with Crippen LogP contribution in [0.2, 0.25) is 0 Å². The molecule has 0 saturated carbocycles. The lowest BCUT2D eigenvalue weighted by molar-refractivity contribution is -0.143. The summed E-state index contributed by atoms with van der Waals surface area (Å²) in [5, 5.41) is 8.86. The Morgan fingerprint density at radius 1 is 1.40 bits per heavy atom. The largest absolute Gasteiger partial charge is 0.481 e. The fourth-order valence-corrected chi connectivity index (χ4v) is 3.50. The number of carbonyl (C=O) groups is 2. The zero-order valence-corrected chi connectivity index (χ0v) is 12.9. The number of rotatable bonds is 5. The summed E-state index contributed by atoms with van der Waals surface area (Å²) in [6, 6.07) is -0.704. The van der Waals surface area contributed by atoms with E-state index in [1.54, 1.807) is 0 Å². The average Bonchev–Trinajstić information content (AvgIpc) is 2.36. The summed E-state index contributed by atoms with van der Waals surface area (Å²) in [6.45, 7) is 1.93. The van der Waals surface area contributed by atoms with Gasteiger partial charge in [0.15, 0.2) is 0 Å². The van der Waals surface area contributed by atoms with Crippen molar-refractivity contribution >= 4 is 21.9 Å². The van der Waals surface area contributed by atoms with E-state index in [-0.39, 0.29) is 12.5 Å². The number of sulfonamides is 1. The van der Waals surface area contributed by atoms with Gasteiger partial charge in [-0.2, -0.15) is 4.31 Å². The fraction of sp³-hybridized carbons (Fsp3) is 0.833.